The second-order valence-corrected chi connectivity index (χ2v) is 8.58. The van der Waals surface area contributed by atoms with Crippen molar-refractivity contribution in [3.05, 3.63) is 16.8 Å². The zero-order valence-electron chi connectivity index (χ0n) is 14.4. The van der Waals surface area contributed by atoms with Crippen molar-refractivity contribution >= 4 is 45.1 Å². The zero-order chi connectivity index (χ0) is 18.0. The fraction of sp³-hybridized carbons (Fsp3) is 0.529. The van der Waals surface area contributed by atoms with Gasteiger partial charge in [0.05, 0.1) is 0 Å². The number of primary amides is 1. The maximum atomic E-state index is 12.4. The number of nitrogens with zero attached hydrogens (tertiary/aromatic N) is 3. The molecule has 0 unspecified atom stereocenters. The molecule has 0 aliphatic carbocycles. The van der Waals surface area contributed by atoms with Crippen molar-refractivity contribution in [1.82, 2.24) is 14.9 Å². The number of thioether (sulfide) groups is 1. The molecule has 1 aliphatic heterocycles. The SMILES string of the molecule is Cc1sc2ncnc(SCCC(=O)N3CCC(C(N)=O)CC3)c2c1C. The Morgan fingerprint density at radius 2 is 2.04 bits per heavy atom. The molecule has 3 heterocycles. The third-order valence-electron chi connectivity index (χ3n) is 4.74. The summed E-state index contributed by atoms with van der Waals surface area (Å²) in [6.45, 7) is 5.43. The Kier molecular flexibility index (Phi) is 5.58. The minimum absolute atomic E-state index is 0.0856. The van der Waals surface area contributed by atoms with Crippen molar-refractivity contribution in [1.29, 1.82) is 0 Å². The maximum absolute atomic E-state index is 12.4. The van der Waals surface area contributed by atoms with E-state index in [0.717, 1.165) is 15.2 Å². The van der Waals surface area contributed by atoms with E-state index < -0.39 is 0 Å². The molecule has 2 amide bonds. The number of hydrogen-bond acceptors (Lipinski definition) is 6. The van der Waals surface area contributed by atoms with Gasteiger partial charge in [-0.1, -0.05) is 0 Å². The van der Waals surface area contributed by atoms with Crippen LogP contribution in [0.5, 0.6) is 0 Å². The second kappa shape index (κ2) is 7.70. The molecule has 1 aliphatic rings. The molecule has 1 saturated heterocycles. The summed E-state index contributed by atoms with van der Waals surface area (Å²) >= 11 is 3.29. The van der Waals surface area contributed by atoms with Gasteiger partial charge in [0.2, 0.25) is 11.8 Å². The molecule has 0 atom stereocenters. The minimum Gasteiger partial charge on any atom is -0.369 e. The van der Waals surface area contributed by atoms with Crippen molar-refractivity contribution < 1.29 is 9.59 Å². The van der Waals surface area contributed by atoms with Gasteiger partial charge in [0.15, 0.2) is 0 Å². The predicted octanol–water partition coefficient (Wildman–Crippen LogP) is 2.51. The summed E-state index contributed by atoms with van der Waals surface area (Å²) < 4.78 is 0. The fourth-order valence-corrected chi connectivity index (χ4v) is 5.11. The van der Waals surface area contributed by atoms with E-state index in [4.69, 9.17) is 5.73 Å². The highest BCUT2D eigenvalue weighted by molar-refractivity contribution is 7.99. The standard InChI is InChI=1S/C17H22N4O2S2/c1-10-11(2)25-17-14(10)16(19-9-20-17)24-8-5-13(22)21-6-3-12(4-7-21)15(18)23/h9,12H,3-8H2,1-2H3,(H2,18,23). The van der Waals surface area contributed by atoms with Gasteiger partial charge in [-0.25, -0.2) is 9.97 Å². The predicted molar refractivity (Wildman–Crippen MR) is 101 cm³/mol. The third-order valence-corrected chi connectivity index (χ3v) is 6.84. The summed E-state index contributed by atoms with van der Waals surface area (Å²) in [6.07, 6.45) is 3.41. The van der Waals surface area contributed by atoms with E-state index in [2.05, 4.69) is 23.8 Å². The average Bonchev–Trinajstić information content (AvgIpc) is 2.90. The Bertz CT molecular complexity index is 797. The van der Waals surface area contributed by atoms with Crippen LogP contribution in [0.2, 0.25) is 0 Å². The van der Waals surface area contributed by atoms with Crippen LogP contribution in [0.4, 0.5) is 0 Å². The van der Waals surface area contributed by atoms with Gasteiger partial charge < -0.3 is 10.6 Å². The number of piperidine rings is 1. The van der Waals surface area contributed by atoms with Gasteiger partial charge in [0.25, 0.3) is 0 Å². The lowest BCUT2D eigenvalue weighted by atomic mass is 9.96. The van der Waals surface area contributed by atoms with Gasteiger partial charge in [-0.05, 0) is 32.3 Å². The van der Waals surface area contributed by atoms with Crippen molar-refractivity contribution in [2.45, 2.75) is 38.1 Å². The van der Waals surface area contributed by atoms with E-state index in [9.17, 15) is 9.59 Å². The molecule has 0 saturated carbocycles. The van der Waals surface area contributed by atoms with Crippen molar-refractivity contribution in [2.24, 2.45) is 11.7 Å². The van der Waals surface area contributed by atoms with Crippen LogP contribution < -0.4 is 5.73 Å². The van der Waals surface area contributed by atoms with Crippen molar-refractivity contribution in [3.63, 3.8) is 0 Å². The molecule has 8 heteroatoms. The van der Waals surface area contributed by atoms with Crippen molar-refractivity contribution in [3.8, 4) is 0 Å². The van der Waals surface area contributed by atoms with Gasteiger partial charge in [-0.2, -0.15) is 0 Å². The lowest BCUT2D eigenvalue weighted by Crippen LogP contribution is -2.41. The van der Waals surface area contributed by atoms with Gasteiger partial charge in [-0.3, -0.25) is 9.59 Å². The first-order chi connectivity index (χ1) is 12.0. The number of aromatic nitrogens is 2. The summed E-state index contributed by atoms with van der Waals surface area (Å²) in [5, 5.41) is 2.07. The number of amides is 2. The lowest BCUT2D eigenvalue weighted by molar-refractivity contribution is -0.134. The van der Waals surface area contributed by atoms with Crippen LogP contribution in [0.1, 0.15) is 29.7 Å². The summed E-state index contributed by atoms with van der Waals surface area (Å²) in [4.78, 5) is 36.4. The molecule has 2 N–H and O–H groups in total. The lowest BCUT2D eigenvalue weighted by Gasteiger charge is -2.30. The van der Waals surface area contributed by atoms with Crippen LogP contribution in [0.15, 0.2) is 11.4 Å². The first-order valence-electron chi connectivity index (χ1n) is 8.38. The topological polar surface area (TPSA) is 89.2 Å². The van der Waals surface area contributed by atoms with Crippen LogP contribution in [-0.4, -0.2) is 45.5 Å². The molecule has 0 aromatic carbocycles. The highest BCUT2D eigenvalue weighted by atomic mass is 32.2. The minimum atomic E-state index is -0.253. The zero-order valence-corrected chi connectivity index (χ0v) is 16.1. The number of thiophene rings is 1. The van der Waals surface area contributed by atoms with Gasteiger partial charge >= 0.3 is 0 Å². The Labute approximate surface area is 155 Å². The number of fused-ring (bicyclic) bond motifs is 1. The van der Waals surface area contributed by atoms with Gasteiger partial charge in [-0.15, -0.1) is 23.1 Å². The summed E-state index contributed by atoms with van der Waals surface area (Å²) in [5.74, 6) is 0.489. The van der Waals surface area contributed by atoms with Crippen LogP contribution in [0.3, 0.4) is 0 Å². The smallest absolute Gasteiger partial charge is 0.223 e. The largest absolute Gasteiger partial charge is 0.369 e. The maximum Gasteiger partial charge on any atom is 0.223 e. The molecule has 25 heavy (non-hydrogen) atoms. The van der Waals surface area contributed by atoms with Gasteiger partial charge in [0.1, 0.15) is 16.2 Å². The van der Waals surface area contributed by atoms with Crippen LogP contribution in [0.25, 0.3) is 10.2 Å². The van der Waals surface area contributed by atoms with Crippen LogP contribution in [0, 0.1) is 19.8 Å². The Hall–Kier alpha value is -1.67. The highest BCUT2D eigenvalue weighted by Gasteiger charge is 2.25. The highest BCUT2D eigenvalue weighted by Crippen LogP contribution is 2.34. The molecular weight excluding hydrogens is 356 g/mol. The summed E-state index contributed by atoms with van der Waals surface area (Å²) in [7, 11) is 0. The molecule has 0 radical (unpaired) electrons. The van der Waals surface area contributed by atoms with Crippen LogP contribution in [-0.2, 0) is 9.59 Å². The molecule has 0 spiro atoms. The molecule has 134 valence electrons. The monoisotopic (exact) mass is 378 g/mol. The van der Waals surface area contributed by atoms with E-state index >= 15 is 0 Å². The van der Waals surface area contributed by atoms with E-state index in [1.165, 1.54) is 10.4 Å². The van der Waals surface area contributed by atoms with Crippen molar-refractivity contribution in [2.75, 3.05) is 18.8 Å². The average molecular weight is 379 g/mol. The summed E-state index contributed by atoms with van der Waals surface area (Å²) in [5.41, 5.74) is 6.56. The normalized spacial score (nSPS) is 15.7. The third kappa shape index (κ3) is 3.95. The van der Waals surface area contributed by atoms with E-state index in [-0.39, 0.29) is 17.7 Å². The molecule has 6 nitrogen and oxygen atoms in total. The molecule has 2 aromatic rings. The number of carbonyl (C=O) groups excluding carboxylic acids is 2. The molecule has 2 aromatic heterocycles. The molecular formula is C17H22N4O2S2. The molecule has 3 rings (SSSR count). The first kappa shape index (κ1) is 18.1. The van der Waals surface area contributed by atoms with E-state index in [0.29, 0.717) is 38.1 Å². The number of hydrogen-bond donors (Lipinski definition) is 1. The molecule has 0 bridgehead atoms. The number of likely N-dealkylation sites (tertiary alicyclic amines) is 1. The van der Waals surface area contributed by atoms with E-state index in [1.807, 2.05) is 4.90 Å². The Balaban J connectivity index is 1.55. The second-order valence-electron chi connectivity index (χ2n) is 6.30. The number of rotatable bonds is 5. The molecule has 1 fully saturated rings. The fourth-order valence-electron chi connectivity index (χ4n) is 3.07. The number of carbonyl (C=O) groups is 2. The number of aryl methyl sites for hydroxylation is 2. The first-order valence-corrected chi connectivity index (χ1v) is 10.2. The van der Waals surface area contributed by atoms with Crippen LogP contribution >= 0.6 is 23.1 Å². The van der Waals surface area contributed by atoms with E-state index in [1.54, 1.807) is 29.4 Å². The summed E-state index contributed by atoms with van der Waals surface area (Å²) in [6, 6.07) is 0. The Morgan fingerprint density at radius 1 is 1.32 bits per heavy atom. The number of nitrogens with two attached hydrogens (primary N) is 1. The van der Waals surface area contributed by atoms with Gasteiger partial charge in [0, 0.05) is 41.4 Å². The Morgan fingerprint density at radius 3 is 2.72 bits per heavy atom. The quantitative estimate of drug-likeness (QED) is 0.638.